The number of hydrogen-bond acceptors (Lipinski definition) is 3. The summed E-state index contributed by atoms with van der Waals surface area (Å²) < 4.78 is 7.67. The molecule has 0 bridgehead atoms. The Hall–Kier alpha value is -1.23. The zero-order valence-electron chi connectivity index (χ0n) is 12.1. The molecule has 0 unspecified atom stereocenters. The molecule has 0 amide bonds. The average molecular weight is 330 g/mol. The Bertz CT molecular complexity index is 518. The van der Waals surface area contributed by atoms with Crippen LogP contribution in [0.2, 0.25) is 5.02 Å². The van der Waals surface area contributed by atoms with E-state index in [4.69, 9.17) is 16.3 Å². The summed E-state index contributed by atoms with van der Waals surface area (Å²) in [6, 6.07) is 5.73. The molecule has 0 saturated heterocycles. The van der Waals surface area contributed by atoms with Gasteiger partial charge in [-0.25, -0.2) is 4.98 Å². The van der Waals surface area contributed by atoms with Gasteiger partial charge in [0.25, 0.3) is 0 Å². The molecule has 0 atom stereocenters. The predicted molar refractivity (Wildman–Crippen MR) is 88.4 cm³/mol. The third-order valence-corrected chi connectivity index (χ3v) is 3.20. The summed E-state index contributed by atoms with van der Waals surface area (Å²) in [6.07, 6.45) is 6.67. The Morgan fingerprint density at radius 2 is 2.24 bits per heavy atom. The molecule has 0 aliphatic carbocycles. The van der Waals surface area contributed by atoms with Crippen molar-refractivity contribution in [1.82, 2.24) is 14.9 Å². The van der Waals surface area contributed by atoms with Crippen LogP contribution in [0.5, 0.6) is 5.75 Å². The van der Waals surface area contributed by atoms with Crippen molar-refractivity contribution in [1.29, 1.82) is 0 Å². The molecule has 0 aliphatic heterocycles. The molecule has 6 heteroatoms. The van der Waals surface area contributed by atoms with Gasteiger partial charge in [-0.1, -0.05) is 11.6 Å². The highest BCUT2D eigenvalue weighted by molar-refractivity contribution is 6.30. The van der Waals surface area contributed by atoms with E-state index in [2.05, 4.69) is 14.9 Å². The molecule has 2 aromatic rings. The summed E-state index contributed by atoms with van der Waals surface area (Å²) in [4.78, 5) is 4.02. The second-order valence-corrected chi connectivity index (χ2v) is 4.95. The fourth-order valence-corrected chi connectivity index (χ4v) is 2.21. The number of rotatable bonds is 8. The van der Waals surface area contributed by atoms with Gasteiger partial charge in [0.2, 0.25) is 0 Å². The first kappa shape index (κ1) is 17.8. The highest BCUT2D eigenvalue weighted by atomic mass is 35.5. The first-order valence-electron chi connectivity index (χ1n) is 6.87. The van der Waals surface area contributed by atoms with E-state index in [9.17, 15) is 0 Å². The van der Waals surface area contributed by atoms with E-state index in [-0.39, 0.29) is 12.4 Å². The SMILES string of the molecule is CCOc1ccc(Cl)cc1CNCCCn1ccnc1.Cl. The summed E-state index contributed by atoms with van der Waals surface area (Å²) in [5.41, 5.74) is 1.10. The lowest BCUT2D eigenvalue weighted by atomic mass is 10.2. The second-order valence-electron chi connectivity index (χ2n) is 4.52. The predicted octanol–water partition coefficient (Wildman–Crippen LogP) is 3.54. The summed E-state index contributed by atoms with van der Waals surface area (Å²) in [7, 11) is 0. The lowest BCUT2D eigenvalue weighted by Crippen LogP contribution is -2.17. The molecule has 0 fully saturated rings. The van der Waals surface area contributed by atoms with Gasteiger partial charge in [0.15, 0.2) is 0 Å². The van der Waals surface area contributed by atoms with E-state index < -0.39 is 0 Å². The normalized spacial score (nSPS) is 10.2. The molecule has 0 aliphatic rings. The number of aryl methyl sites for hydroxylation is 1. The molecule has 0 saturated carbocycles. The van der Waals surface area contributed by atoms with Gasteiger partial charge in [-0.3, -0.25) is 0 Å². The van der Waals surface area contributed by atoms with Gasteiger partial charge >= 0.3 is 0 Å². The first-order valence-corrected chi connectivity index (χ1v) is 7.25. The first-order chi connectivity index (χ1) is 9.79. The number of imidazole rings is 1. The Morgan fingerprint density at radius 3 is 2.95 bits per heavy atom. The molecule has 4 nitrogen and oxygen atoms in total. The Kier molecular flexibility index (Phi) is 8.20. The van der Waals surface area contributed by atoms with E-state index in [1.54, 1.807) is 6.20 Å². The summed E-state index contributed by atoms with van der Waals surface area (Å²) >= 11 is 6.03. The fraction of sp³-hybridized carbons (Fsp3) is 0.400. The van der Waals surface area contributed by atoms with Crippen molar-refractivity contribution < 1.29 is 4.74 Å². The van der Waals surface area contributed by atoms with Crippen LogP contribution in [0.3, 0.4) is 0 Å². The minimum absolute atomic E-state index is 0. The number of nitrogens with one attached hydrogen (secondary N) is 1. The highest BCUT2D eigenvalue weighted by Crippen LogP contribution is 2.22. The van der Waals surface area contributed by atoms with Crippen LogP contribution in [0.4, 0.5) is 0 Å². The number of benzene rings is 1. The molecule has 1 heterocycles. The maximum atomic E-state index is 6.03. The average Bonchev–Trinajstić information content (AvgIpc) is 2.94. The molecule has 1 aromatic heterocycles. The molecule has 0 radical (unpaired) electrons. The minimum atomic E-state index is 0. The van der Waals surface area contributed by atoms with Crippen LogP contribution >= 0.6 is 24.0 Å². The number of halogens is 2. The fourth-order valence-electron chi connectivity index (χ4n) is 2.01. The van der Waals surface area contributed by atoms with Gasteiger partial charge in [0.05, 0.1) is 12.9 Å². The van der Waals surface area contributed by atoms with Crippen molar-refractivity contribution in [2.75, 3.05) is 13.2 Å². The minimum Gasteiger partial charge on any atom is -0.494 e. The summed E-state index contributed by atoms with van der Waals surface area (Å²) in [5, 5.41) is 4.16. The molecule has 21 heavy (non-hydrogen) atoms. The monoisotopic (exact) mass is 329 g/mol. The van der Waals surface area contributed by atoms with Crippen LogP contribution in [0.1, 0.15) is 18.9 Å². The highest BCUT2D eigenvalue weighted by Gasteiger charge is 2.04. The molecule has 1 aromatic carbocycles. The van der Waals surface area contributed by atoms with Crippen molar-refractivity contribution in [2.24, 2.45) is 0 Å². The Labute approximate surface area is 136 Å². The van der Waals surface area contributed by atoms with Gasteiger partial charge in [-0.15, -0.1) is 12.4 Å². The van der Waals surface area contributed by atoms with Crippen LogP contribution in [-0.2, 0) is 13.1 Å². The number of nitrogens with zero attached hydrogens (tertiary/aromatic N) is 2. The number of aromatic nitrogens is 2. The van der Waals surface area contributed by atoms with Crippen LogP contribution in [0.25, 0.3) is 0 Å². The topological polar surface area (TPSA) is 39.1 Å². The summed E-state index contributed by atoms with van der Waals surface area (Å²) in [6.45, 7) is 5.32. The van der Waals surface area contributed by atoms with E-state index in [1.807, 2.05) is 37.6 Å². The van der Waals surface area contributed by atoms with Crippen molar-refractivity contribution in [2.45, 2.75) is 26.4 Å². The van der Waals surface area contributed by atoms with Crippen LogP contribution in [0, 0.1) is 0 Å². The smallest absolute Gasteiger partial charge is 0.123 e. The van der Waals surface area contributed by atoms with Gasteiger partial charge < -0.3 is 14.6 Å². The van der Waals surface area contributed by atoms with Crippen molar-refractivity contribution >= 4 is 24.0 Å². The van der Waals surface area contributed by atoms with E-state index in [0.29, 0.717) is 6.61 Å². The lowest BCUT2D eigenvalue weighted by Gasteiger charge is -2.11. The summed E-state index contributed by atoms with van der Waals surface area (Å²) in [5.74, 6) is 0.902. The molecular formula is C15H21Cl2N3O. The van der Waals surface area contributed by atoms with Gasteiger partial charge in [-0.05, 0) is 38.1 Å². The van der Waals surface area contributed by atoms with E-state index in [1.165, 1.54) is 0 Å². The largest absolute Gasteiger partial charge is 0.494 e. The number of hydrogen-bond donors (Lipinski definition) is 1. The van der Waals surface area contributed by atoms with E-state index >= 15 is 0 Å². The molecule has 0 spiro atoms. The maximum absolute atomic E-state index is 6.03. The van der Waals surface area contributed by atoms with Gasteiger partial charge in [-0.2, -0.15) is 0 Å². The third kappa shape index (κ3) is 5.96. The van der Waals surface area contributed by atoms with Crippen molar-refractivity contribution in [3.05, 3.63) is 47.5 Å². The zero-order valence-corrected chi connectivity index (χ0v) is 13.7. The number of ether oxygens (including phenoxy) is 1. The van der Waals surface area contributed by atoms with Crippen LogP contribution in [0.15, 0.2) is 36.9 Å². The molecule has 1 N–H and O–H groups in total. The molecule has 116 valence electrons. The lowest BCUT2D eigenvalue weighted by molar-refractivity contribution is 0.335. The zero-order chi connectivity index (χ0) is 14.2. The molecule has 2 rings (SSSR count). The third-order valence-electron chi connectivity index (χ3n) is 2.97. The Morgan fingerprint density at radius 1 is 1.38 bits per heavy atom. The quantitative estimate of drug-likeness (QED) is 0.753. The van der Waals surface area contributed by atoms with Gasteiger partial charge in [0, 0.05) is 36.1 Å². The van der Waals surface area contributed by atoms with E-state index in [0.717, 1.165) is 42.4 Å². The second kappa shape index (κ2) is 9.66. The van der Waals surface area contributed by atoms with Crippen molar-refractivity contribution in [3.63, 3.8) is 0 Å². The molecular weight excluding hydrogens is 309 g/mol. The van der Waals surface area contributed by atoms with Crippen molar-refractivity contribution in [3.8, 4) is 5.75 Å². The van der Waals surface area contributed by atoms with Gasteiger partial charge in [0.1, 0.15) is 5.75 Å². The standard InChI is InChI=1S/C15H20ClN3O.ClH/c1-2-20-15-5-4-14(16)10-13(15)11-17-6-3-8-19-9-7-18-12-19;/h4-5,7,9-10,12,17H,2-3,6,8,11H2,1H3;1H. The van der Waals surface area contributed by atoms with Crippen LogP contribution in [-0.4, -0.2) is 22.7 Å². The van der Waals surface area contributed by atoms with Crippen LogP contribution < -0.4 is 10.1 Å². The maximum Gasteiger partial charge on any atom is 0.123 e. The Balaban J connectivity index is 0.00000220.